The molecule has 1 fully saturated rings. The fraction of sp³-hybridized carbons (Fsp3) is 0.455. The third-order valence-corrected chi connectivity index (χ3v) is 3.77. The summed E-state index contributed by atoms with van der Waals surface area (Å²) in [6.45, 7) is 2.08. The smallest absolute Gasteiger partial charge is 0.137 e. The van der Waals surface area contributed by atoms with Crippen LogP contribution in [0.15, 0.2) is 22.7 Å². The molecule has 0 radical (unpaired) electrons. The van der Waals surface area contributed by atoms with Crippen LogP contribution < -0.4 is 5.73 Å². The van der Waals surface area contributed by atoms with Gasteiger partial charge in [-0.25, -0.2) is 4.39 Å². The minimum atomic E-state index is -0.201. The normalized spacial score (nSPS) is 28.4. The lowest BCUT2D eigenvalue weighted by Gasteiger charge is -2.08. The first-order valence-electron chi connectivity index (χ1n) is 4.80. The first-order chi connectivity index (χ1) is 6.57. The van der Waals surface area contributed by atoms with Gasteiger partial charge in [0.15, 0.2) is 0 Å². The third kappa shape index (κ3) is 2.35. The zero-order valence-corrected chi connectivity index (χ0v) is 10.9. The molecule has 0 bridgehead atoms. The Hall–Kier alpha value is -0.120. The Labute approximate surface area is 104 Å². The average Bonchev–Trinajstić information content (AvgIpc) is 2.84. The van der Waals surface area contributed by atoms with Crippen LogP contribution in [-0.4, -0.2) is 5.54 Å². The summed E-state index contributed by atoms with van der Waals surface area (Å²) >= 11 is 3.14. The van der Waals surface area contributed by atoms with E-state index in [9.17, 15) is 4.39 Å². The molecule has 4 heteroatoms. The molecule has 15 heavy (non-hydrogen) atoms. The average molecular weight is 295 g/mol. The van der Waals surface area contributed by atoms with Gasteiger partial charge in [0.25, 0.3) is 0 Å². The van der Waals surface area contributed by atoms with E-state index in [1.54, 1.807) is 12.1 Å². The van der Waals surface area contributed by atoms with Crippen molar-refractivity contribution >= 4 is 28.3 Å². The molecule has 1 aliphatic rings. The lowest BCUT2D eigenvalue weighted by atomic mass is 10.1. The fourth-order valence-electron chi connectivity index (χ4n) is 1.89. The number of hydrogen-bond donors (Lipinski definition) is 1. The van der Waals surface area contributed by atoms with Crippen LogP contribution in [0.4, 0.5) is 4.39 Å². The Morgan fingerprint density at radius 2 is 2.27 bits per heavy atom. The van der Waals surface area contributed by atoms with Crippen molar-refractivity contribution in [1.82, 2.24) is 0 Å². The first kappa shape index (κ1) is 12.9. The van der Waals surface area contributed by atoms with Crippen molar-refractivity contribution < 1.29 is 4.39 Å². The summed E-state index contributed by atoms with van der Waals surface area (Å²) in [4.78, 5) is 0. The van der Waals surface area contributed by atoms with Gasteiger partial charge >= 0.3 is 0 Å². The van der Waals surface area contributed by atoms with Crippen LogP contribution in [0.25, 0.3) is 0 Å². The topological polar surface area (TPSA) is 26.0 Å². The molecular formula is C11H14BrClFN. The Morgan fingerprint density at radius 3 is 2.73 bits per heavy atom. The second kappa shape index (κ2) is 4.40. The van der Waals surface area contributed by atoms with Crippen molar-refractivity contribution in [3.63, 3.8) is 0 Å². The maximum absolute atomic E-state index is 13.2. The van der Waals surface area contributed by atoms with Gasteiger partial charge in [-0.3, -0.25) is 0 Å². The lowest BCUT2D eigenvalue weighted by Crippen LogP contribution is -2.22. The SMILES string of the molecule is CCC1(N)CC1c1ccc(Br)c(F)c1.Cl. The van der Waals surface area contributed by atoms with Gasteiger partial charge in [0, 0.05) is 11.5 Å². The van der Waals surface area contributed by atoms with Crippen LogP contribution in [0.3, 0.4) is 0 Å². The monoisotopic (exact) mass is 293 g/mol. The molecule has 0 saturated heterocycles. The minimum absolute atomic E-state index is 0. The van der Waals surface area contributed by atoms with Gasteiger partial charge in [0.2, 0.25) is 0 Å². The van der Waals surface area contributed by atoms with E-state index in [1.807, 2.05) is 6.07 Å². The maximum Gasteiger partial charge on any atom is 0.137 e. The van der Waals surface area contributed by atoms with Crippen molar-refractivity contribution in [3.05, 3.63) is 34.1 Å². The highest BCUT2D eigenvalue weighted by molar-refractivity contribution is 9.10. The van der Waals surface area contributed by atoms with E-state index in [2.05, 4.69) is 22.9 Å². The molecule has 1 nitrogen and oxygen atoms in total. The minimum Gasteiger partial charge on any atom is -0.325 e. The summed E-state index contributed by atoms with van der Waals surface area (Å²) in [6.07, 6.45) is 1.93. The highest BCUT2D eigenvalue weighted by Crippen LogP contribution is 2.51. The van der Waals surface area contributed by atoms with Crippen molar-refractivity contribution in [2.45, 2.75) is 31.2 Å². The molecule has 2 N–H and O–H groups in total. The molecule has 1 aromatic carbocycles. The molecule has 2 rings (SSSR count). The summed E-state index contributed by atoms with van der Waals surface area (Å²) in [5.74, 6) is 0.142. The summed E-state index contributed by atoms with van der Waals surface area (Å²) in [5.41, 5.74) is 7.02. The number of benzene rings is 1. The van der Waals surface area contributed by atoms with E-state index in [0.29, 0.717) is 10.4 Å². The third-order valence-electron chi connectivity index (χ3n) is 3.12. The molecule has 84 valence electrons. The largest absolute Gasteiger partial charge is 0.325 e. The van der Waals surface area contributed by atoms with Gasteiger partial charge in [-0.05, 0) is 46.5 Å². The quantitative estimate of drug-likeness (QED) is 0.886. The highest BCUT2D eigenvalue weighted by Gasteiger charge is 2.50. The predicted octanol–water partition coefficient (Wildman–Crippen LogP) is 3.60. The number of halogens is 3. The standard InChI is InChI=1S/C11H13BrFN.ClH/c1-2-11(14)6-8(11)7-3-4-9(12)10(13)5-7;/h3-5,8H,2,6,14H2,1H3;1H. The fourth-order valence-corrected chi connectivity index (χ4v) is 2.14. The molecule has 1 aromatic rings. The zero-order chi connectivity index (χ0) is 10.3. The van der Waals surface area contributed by atoms with Gasteiger partial charge in [-0.2, -0.15) is 0 Å². The second-order valence-electron chi connectivity index (χ2n) is 4.02. The maximum atomic E-state index is 13.2. The molecule has 0 aliphatic heterocycles. The molecule has 0 heterocycles. The van der Waals surface area contributed by atoms with Crippen molar-refractivity contribution in [3.8, 4) is 0 Å². The Balaban J connectivity index is 0.00000112. The van der Waals surface area contributed by atoms with Gasteiger partial charge in [-0.15, -0.1) is 12.4 Å². The van der Waals surface area contributed by atoms with Gasteiger partial charge in [-0.1, -0.05) is 13.0 Å². The lowest BCUT2D eigenvalue weighted by molar-refractivity contribution is 0.608. The van der Waals surface area contributed by atoms with Crippen molar-refractivity contribution in [2.24, 2.45) is 5.73 Å². The Kier molecular flexibility index (Phi) is 3.80. The predicted molar refractivity (Wildman–Crippen MR) is 65.9 cm³/mol. The zero-order valence-electron chi connectivity index (χ0n) is 8.47. The van der Waals surface area contributed by atoms with Crippen LogP contribution >= 0.6 is 28.3 Å². The van der Waals surface area contributed by atoms with Crippen LogP contribution in [0.1, 0.15) is 31.2 Å². The summed E-state index contributed by atoms with van der Waals surface area (Å²) in [6, 6.07) is 5.28. The van der Waals surface area contributed by atoms with Gasteiger partial charge in [0.1, 0.15) is 5.82 Å². The Bertz CT molecular complexity index is 372. The summed E-state index contributed by atoms with van der Waals surface area (Å²) in [7, 11) is 0. The second-order valence-corrected chi connectivity index (χ2v) is 4.87. The van der Waals surface area contributed by atoms with Crippen LogP contribution in [0, 0.1) is 5.82 Å². The number of hydrogen-bond acceptors (Lipinski definition) is 1. The molecule has 2 unspecified atom stereocenters. The summed E-state index contributed by atoms with van der Waals surface area (Å²) in [5, 5.41) is 0. The Morgan fingerprint density at radius 1 is 1.60 bits per heavy atom. The van der Waals surface area contributed by atoms with Crippen molar-refractivity contribution in [1.29, 1.82) is 0 Å². The highest BCUT2D eigenvalue weighted by atomic mass is 79.9. The van der Waals surface area contributed by atoms with Gasteiger partial charge in [0.05, 0.1) is 4.47 Å². The van der Waals surface area contributed by atoms with Crippen LogP contribution in [0.5, 0.6) is 0 Å². The van der Waals surface area contributed by atoms with Crippen LogP contribution in [0.2, 0.25) is 0 Å². The van der Waals surface area contributed by atoms with Gasteiger partial charge < -0.3 is 5.73 Å². The molecule has 1 saturated carbocycles. The van der Waals surface area contributed by atoms with E-state index in [-0.39, 0.29) is 23.8 Å². The van der Waals surface area contributed by atoms with E-state index in [4.69, 9.17) is 5.73 Å². The van der Waals surface area contributed by atoms with Crippen molar-refractivity contribution in [2.75, 3.05) is 0 Å². The van der Waals surface area contributed by atoms with E-state index in [1.165, 1.54) is 0 Å². The molecule has 1 aliphatic carbocycles. The molecule has 0 aromatic heterocycles. The molecular weight excluding hydrogens is 280 g/mol. The molecule has 2 atom stereocenters. The molecule has 0 amide bonds. The summed E-state index contributed by atoms with van der Waals surface area (Å²) < 4.78 is 13.8. The number of nitrogens with two attached hydrogens (primary N) is 1. The molecule has 0 spiro atoms. The number of rotatable bonds is 2. The van der Waals surface area contributed by atoms with Crippen LogP contribution in [-0.2, 0) is 0 Å². The van der Waals surface area contributed by atoms with E-state index >= 15 is 0 Å². The van der Waals surface area contributed by atoms with E-state index in [0.717, 1.165) is 18.4 Å². The van der Waals surface area contributed by atoms with E-state index < -0.39 is 0 Å². The first-order valence-corrected chi connectivity index (χ1v) is 5.60.